The molecule has 2 aromatic carbocycles. The molecule has 0 atom stereocenters. The van der Waals surface area contributed by atoms with E-state index in [2.05, 4.69) is 26.2 Å². The molecule has 1 aromatic heterocycles. The minimum absolute atomic E-state index is 0.0304. The number of hydrogen-bond donors (Lipinski definition) is 2. The van der Waals surface area contributed by atoms with Gasteiger partial charge in [-0.25, -0.2) is 0 Å². The van der Waals surface area contributed by atoms with Gasteiger partial charge in [0.25, 0.3) is 0 Å². The lowest BCUT2D eigenvalue weighted by Gasteiger charge is -2.13. The number of nitrogens with one attached hydrogen (secondary N) is 1. The average molecular weight is 385 g/mol. The number of carbonyl (C=O) groups excluding carboxylic acids is 1. The number of phenolic OH excluding ortho intramolecular Hbond substituents is 1. The normalized spacial score (nSPS) is 10.8. The highest BCUT2D eigenvalue weighted by atomic mass is 79.9. The molecule has 0 saturated carbocycles. The molecule has 24 heavy (non-hydrogen) atoms. The predicted octanol–water partition coefficient (Wildman–Crippen LogP) is 4.50. The molecule has 0 radical (unpaired) electrons. The van der Waals surface area contributed by atoms with Gasteiger partial charge in [-0.05, 0) is 49.2 Å². The Morgan fingerprint density at radius 2 is 1.96 bits per heavy atom. The number of hydrogen-bond acceptors (Lipinski definition) is 3. The van der Waals surface area contributed by atoms with Crippen molar-refractivity contribution in [3.63, 3.8) is 0 Å². The zero-order valence-corrected chi connectivity index (χ0v) is 15.0. The molecule has 4 nitrogen and oxygen atoms in total. The Hall–Kier alpha value is -2.40. The van der Waals surface area contributed by atoms with Gasteiger partial charge in [-0.3, -0.25) is 9.78 Å². The van der Waals surface area contributed by atoms with Crippen molar-refractivity contribution in [1.29, 1.82) is 0 Å². The Labute approximate surface area is 148 Å². The Bertz CT molecular complexity index is 938. The number of carbonyl (C=O) groups is 1. The van der Waals surface area contributed by atoms with Crippen molar-refractivity contribution in [2.24, 2.45) is 0 Å². The largest absolute Gasteiger partial charge is 0.506 e. The van der Waals surface area contributed by atoms with Crippen LogP contribution in [0.4, 0.5) is 5.69 Å². The lowest BCUT2D eigenvalue weighted by atomic mass is 9.99. The zero-order chi connectivity index (χ0) is 17.3. The first kappa shape index (κ1) is 16.5. The molecule has 122 valence electrons. The third-order valence-electron chi connectivity index (χ3n) is 4.06. The number of phenols is 1. The van der Waals surface area contributed by atoms with Crippen LogP contribution < -0.4 is 5.32 Å². The maximum atomic E-state index is 12.4. The Morgan fingerprint density at radius 1 is 1.21 bits per heavy atom. The van der Waals surface area contributed by atoms with E-state index in [1.807, 2.05) is 38.1 Å². The minimum atomic E-state index is -0.184. The van der Waals surface area contributed by atoms with Crippen molar-refractivity contribution < 1.29 is 9.90 Å². The highest BCUT2D eigenvalue weighted by Crippen LogP contribution is 2.28. The molecule has 5 heteroatoms. The maximum Gasteiger partial charge on any atom is 0.228 e. The van der Waals surface area contributed by atoms with Crippen molar-refractivity contribution >= 4 is 38.4 Å². The summed E-state index contributed by atoms with van der Waals surface area (Å²) in [7, 11) is 0. The molecule has 0 fully saturated rings. The number of aromatic hydroxyl groups is 1. The molecule has 0 bridgehead atoms. The van der Waals surface area contributed by atoms with E-state index in [4.69, 9.17) is 0 Å². The van der Waals surface area contributed by atoms with Gasteiger partial charge in [0.05, 0.1) is 17.6 Å². The van der Waals surface area contributed by atoms with Crippen LogP contribution in [0, 0.1) is 13.8 Å². The van der Waals surface area contributed by atoms with E-state index in [1.54, 1.807) is 18.2 Å². The van der Waals surface area contributed by atoms with Gasteiger partial charge < -0.3 is 10.4 Å². The standard InChI is InChI=1S/C19H17BrN2O2/c1-11-14-5-3-4-6-16(14)21-12(2)15(11)10-19(24)22-17-8-7-13(20)9-18(17)23/h3-9,23H,10H2,1-2H3,(H,22,24). The van der Waals surface area contributed by atoms with Crippen LogP contribution in [0.5, 0.6) is 5.75 Å². The highest BCUT2D eigenvalue weighted by molar-refractivity contribution is 9.10. The summed E-state index contributed by atoms with van der Waals surface area (Å²) in [6.45, 7) is 3.93. The number of para-hydroxylation sites is 1. The number of amides is 1. The number of aromatic nitrogens is 1. The van der Waals surface area contributed by atoms with Gasteiger partial charge in [-0.1, -0.05) is 34.1 Å². The second-order valence-corrected chi connectivity index (χ2v) is 6.62. The van der Waals surface area contributed by atoms with E-state index >= 15 is 0 Å². The summed E-state index contributed by atoms with van der Waals surface area (Å²) in [6.07, 6.45) is 0.213. The van der Waals surface area contributed by atoms with E-state index in [9.17, 15) is 9.90 Å². The smallest absolute Gasteiger partial charge is 0.228 e. The van der Waals surface area contributed by atoms with E-state index < -0.39 is 0 Å². The summed E-state index contributed by atoms with van der Waals surface area (Å²) in [5, 5.41) is 13.7. The molecule has 1 amide bonds. The van der Waals surface area contributed by atoms with Crippen LogP contribution in [0.1, 0.15) is 16.8 Å². The van der Waals surface area contributed by atoms with Crippen molar-refractivity contribution in [3.05, 3.63) is 63.8 Å². The van der Waals surface area contributed by atoms with Crippen LogP contribution in [-0.4, -0.2) is 16.0 Å². The van der Waals surface area contributed by atoms with E-state index in [0.717, 1.165) is 32.2 Å². The summed E-state index contributed by atoms with van der Waals surface area (Å²) < 4.78 is 0.753. The number of benzene rings is 2. The first-order valence-electron chi connectivity index (χ1n) is 7.59. The average Bonchev–Trinajstić information content (AvgIpc) is 2.54. The summed E-state index contributed by atoms with van der Waals surface area (Å²) in [5.41, 5.74) is 4.16. The quantitative estimate of drug-likeness (QED) is 0.653. The fourth-order valence-electron chi connectivity index (χ4n) is 2.80. The number of anilines is 1. The van der Waals surface area contributed by atoms with Crippen LogP contribution in [0.25, 0.3) is 10.9 Å². The van der Waals surface area contributed by atoms with Crippen LogP contribution in [0.15, 0.2) is 46.9 Å². The Morgan fingerprint density at radius 3 is 2.71 bits per heavy atom. The Kier molecular flexibility index (Phi) is 4.53. The van der Waals surface area contributed by atoms with Gasteiger partial charge in [0.1, 0.15) is 5.75 Å². The van der Waals surface area contributed by atoms with Gasteiger partial charge in [0.15, 0.2) is 0 Å². The fraction of sp³-hybridized carbons (Fsp3) is 0.158. The number of halogens is 1. The Balaban J connectivity index is 1.88. The number of pyridine rings is 1. The first-order valence-corrected chi connectivity index (χ1v) is 8.38. The van der Waals surface area contributed by atoms with Gasteiger partial charge in [-0.15, -0.1) is 0 Å². The van der Waals surface area contributed by atoms with E-state index in [1.165, 1.54) is 0 Å². The van der Waals surface area contributed by atoms with Crippen LogP contribution in [-0.2, 0) is 11.2 Å². The third-order valence-corrected chi connectivity index (χ3v) is 4.55. The summed E-state index contributed by atoms with van der Waals surface area (Å²) in [6, 6.07) is 12.9. The molecule has 0 saturated heterocycles. The highest BCUT2D eigenvalue weighted by Gasteiger charge is 2.14. The van der Waals surface area contributed by atoms with Crippen molar-refractivity contribution in [2.75, 3.05) is 5.32 Å². The molecule has 0 aliphatic heterocycles. The number of fused-ring (bicyclic) bond motifs is 1. The fourth-order valence-corrected chi connectivity index (χ4v) is 3.15. The zero-order valence-electron chi connectivity index (χ0n) is 13.4. The van der Waals surface area contributed by atoms with Crippen molar-refractivity contribution in [1.82, 2.24) is 4.98 Å². The number of aryl methyl sites for hydroxylation is 2. The van der Waals surface area contributed by atoms with E-state index in [0.29, 0.717) is 5.69 Å². The topological polar surface area (TPSA) is 62.2 Å². The summed E-state index contributed by atoms with van der Waals surface area (Å²) in [4.78, 5) is 17.0. The molecule has 1 heterocycles. The van der Waals surface area contributed by atoms with Crippen molar-refractivity contribution in [2.45, 2.75) is 20.3 Å². The molecule has 3 rings (SSSR count). The molecule has 0 aliphatic carbocycles. The second-order valence-electron chi connectivity index (χ2n) is 5.70. The summed E-state index contributed by atoms with van der Waals surface area (Å²) >= 11 is 3.28. The van der Waals surface area contributed by atoms with Gasteiger partial charge in [-0.2, -0.15) is 0 Å². The minimum Gasteiger partial charge on any atom is -0.506 e. The molecular formula is C19H17BrN2O2. The number of nitrogens with zero attached hydrogens (tertiary/aromatic N) is 1. The first-order chi connectivity index (χ1) is 11.5. The molecule has 0 aliphatic rings. The van der Waals surface area contributed by atoms with Crippen molar-refractivity contribution in [3.8, 4) is 5.75 Å². The summed E-state index contributed by atoms with van der Waals surface area (Å²) in [5.74, 6) is -0.154. The third kappa shape index (κ3) is 3.26. The van der Waals surface area contributed by atoms with Crippen LogP contribution in [0.3, 0.4) is 0 Å². The second kappa shape index (κ2) is 6.61. The monoisotopic (exact) mass is 384 g/mol. The molecule has 2 N–H and O–H groups in total. The SMILES string of the molecule is Cc1nc2ccccc2c(C)c1CC(=O)Nc1ccc(Br)cc1O. The van der Waals surface area contributed by atoms with Gasteiger partial charge in [0.2, 0.25) is 5.91 Å². The maximum absolute atomic E-state index is 12.4. The number of rotatable bonds is 3. The van der Waals surface area contributed by atoms with Gasteiger partial charge in [0, 0.05) is 15.6 Å². The lowest BCUT2D eigenvalue weighted by Crippen LogP contribution is -2.16. The van der Waals surface area contributed by atoms with Crippen LogP contribution >= 0.6 is 15.9 Å². The molecule has 3 aromatic rings. The van der Waals surface area contributed by atoms with Gasteiger partial charge >= 0.3 is 0 Å². The molecule has 0 spiro atoms. The van der Waals surface area contributed by atoms with E-state index in [-0.39, 0.29) is 18.1 Å². The molecular weight excluding hydrogens is 368 g/mol. The predicted molar refractivity (Wildman–Crippen MR) is 99.4 cm³/mol. The van der Waals surface area contributed by atoms with Crippen LogP contribution in [0.2, 0.25) is 0 Å². The molecule has 0 unspecified atom stereocenters. The lowest BCUT2D eigenvalue weighted by molar-refractivity contribution is -0.115.